The van der Waals surface area contributed by atoms with Crippen LogP contribution in [0.4, 0.5) is 0 Å². The fourth-order valence-corrected chi connectivity index (χ4v) is 6.16. The Labute approximate surface area is 116 Å². The molecule has 0 spiro atoms. The smallest absolute Gasteiger partial charge is 0.00430 e. The molecule has 2 heteroatoms. The van der Waals surface area contributed by atoms with Crippen LogP contribution in [-0.4, -0.2) is 11.5 Å². The van der Waals surface area contributed by atoms with E-state index in [1.807, 2.05) is 0 Å². The Morgan fingerprint density at radius 1 is 1.32 bits per heavy atom. The highest BCUT2D eigenvalue weighted by atomic mass is 14.7. The van der Waals surface area contributed by atoms with Gasteiger partial charge in [-0.3, -0.25) is 0 Å². The van der Waals surface area contributed by atoms with Gasteiger partial charge in [0.25, 0.3) is 0 Å². The minimum Gasteiger partial charge on any atom is -0.367 e. The lowest BCUT2D eigenvalue weighted by Crippen LogP contribution is -2.55. The van der Waals surface area contributed by atoms with Crippen LogP contribution in [0.25, 0.3) is 0 Å². The van der Waals surface area contributed by atoms with E-state index in [0.29, 0.717) is 5.41 Å². The van der Waals surface area contributed by atoms with Crippen LogP contribution in [0, 0.1) is 29.6 Å². The van der Waals surface area contributed by atoms with E-state index in [1.54, 1.807) is 5.56 Å². The molecule has 1 aromatic rings. The summed E-state index contributed by atoms with van der Waals surface area (Å²) in [5, 5.41) is 0. The molecule has 1 heterocycles. The molecule has 4 bridgehead atoms. The number of hydrogen-bond donors (Lipinski definition) is 2. The zero-order valence-corrected chi connectivity index (χ0v) is 11.9. The molecule has 4 saturated carbocycles. The molecule has 0 radical (unpaired) electrons. The van der Waals surface area contributed by atoms with Crippen molar-refractivity contribution in [3.8, 4) is 0 Å². The number of nitrogens with two attached hydrogens (primary N) is 1. The first-order valence-corrected chi connectivity index (χ1v) is 8.05. The SMILES string of the molecule is CC(CN)C1C2CC3CC1CC(c1cc[nH]c1)(C3)C2. The summed E-state index contributed by atoms with van der Waals surface area (Å²) in [4.78, 5) is 3.28. The molecule has 5 rings (SSSR count). The van der Waals surface area contributed by atoms with E-state index in [2.05, 4.69) is 30.4 Å². The van der Waals surface area contributed by atoms with Crippen molar-refractivity contribution < 1.29 is 0 Å². The second kappa shape index (κ2) is 4.12. The summed E-state index contributed by atoms with van der Waals surface area (Å²) in [6.07, 6.45) is 11.6. The van der Waals surface area contributed by atoms with Crippen LogP contribution >= 0.6 is 0 Å². The van der Waals surface area contributed by atoms with Crippen molar-refractivity contribution in [3.05, 3.63) is 24.0 Å². The third-order valence-electron chi connectivity index (χ3n) is 6.59. The van der Waals surface area contributed by atoms with Gasteiger partial charge in [0.05, 0.1) is 0 Å². The van der Waals surface area contributed by atoms with Crippen LogP contribution in [0.1, 0.15) is 44.6 Å². The predicted octanol–water partition coefficient (Wildman–Crippen LogP) is 3.30. The Balaban J connectivity index is 1.68. The van der Waals surface area contributed by atoms with Gasteiger partial charge < -0.3 is 10.7 Å². The topological polar surface area (TPSA) is 41.8 Å². The van der Waals surface area contributed by atoms with E-state index >= 15 is 0 Å². The van der Waals surface area contributed by atoms with Gasteiger partial charge in [0, 0.05) is 12.4 Å². The summed E-state index contributed by atoms with van der Waals surface area (Å²) >= 11 is 0. The van der Waals surface area contributed by atoms with Gasteiger partial charge in [-0.2, -0.15) is 0 Å². The molecule has 1 aromatic heterocycles. The Morgan fingerprint density at radius 2 is 2.05 bits per heavy atom. The molecule has 4 aliphatic carbocycles. The van der Waals surface area contributed by atoms with Crippen molar-refractivity contribution in [2.45, 2.75) is 44.4 Å². The quantitative estimate of drug-likeness (QED) is 0.858. The Hall–Kier alpha value is -0.760. The molecular weight excluding hydrogens is 232 g/mol. The average molecular weight is 258 g/mol. The zero-order valence-electron chi connectivity index (χ0n) is 11.9. The Kier molecular flexibility index (Phi) is 2.60. The van der Waals surface area contributed by atoms with E-state index in [4.69, 9.17) is 5.73 Å². The Bertz CT molecular complexity index is 434. The largest absolute Gasteiger partial charge is 0.367 e. The lowest BCUT2D eigenvalue weighted by atomic mass is 9.43. The predicted molar refractivity (Wildman–Crippen MR) is 77.7 cm³/mol. The van der Waals surface area contributed by atoms with Crippen molar-refractivity contribution in [3.63, 3.8) is 0 Å². The number of hydrogen-bond acceptors (Lipinski definition) is 1. The maximum atomic E-state index is 5.97. The van der Waals surface area contributed by atoms with Gasteiger partial charge in [0.1, 0.15) is 0 Å². The summed E-state index contributed by atoms with van der Waals surface area (Å²) in [5.74, 6) is 4.51. The Morgan fingerprint density at radius 3 is 2.63 bits per heavy atom. The normalized spacial score (nSPS) is 45.6. The first kappa shape index (κ1) is 12.0. The summed E-state index contributed by atoms with van der Waals surface area (Å²) in [7, 11) is 0. The van der Waals surface area contributed by atoms with Crippen LogP contribution in [0.5, 0.6) is 0 Å². The molecule has 0 amide bonds. The molecule has 19 heavy (non-hydrogen) atoms. The summed E-state index contributed by atoms with van der Waals surface area (Å²) in [5.41, 5.74) is 8.08. The molecule has 4 fully saturated rings. The molecular formula is C17H26N2. The van der Waals surface area contributed by atoms with Gasteiger partial charge in [-0.25, -0.2) is 0 Å². The highest BCUT2D eigenvalue weighted by Crippen LogP contribution is 2.63. The number of rotatable bonds is 3. The second-order valence-electron chi connectivity index (χ2n) is 7.64. The van der Waals surface area contributed by atoms with E-state index in [9.17, 15) is 0 Å². The minimum atomic E-state index is 0.515. The third kappa shape index (κ3) is 1.65. The average Bonchev–Trinajstić information content (AvgIpc) is 2.91. The number of nitrogens with one attached hydrogen (secondary N) is 1. The summed E-state index contributed by atoms with van der Waals surface area (Å²) in [6.45, 7) is 3.26. The molecule has 3 unspecified atom stereocenters. The van der Waals surface area contributed by atoms with Crippen LogP contribution < -0.4 is 5.73 Å². The van der Waals surface area contributed by atoms with E-state index in [0.717, 1.165) is 36.1 Å². The minimum absolute atomic E-state index is 0.515. The van der Waals surface area contributed by atoms with Crippen molar-refractivity contribution in [1.82, 2.24) is 4.98 Å². The highest BCUT2D eigenvalue weighted by molar-refractivity contribution is 5.27. The van der Waals surface area contributed by atoms with Crippen LogP contribution in [-0.2, 0) is 5.41 Å². The molecule has 0 saturated heterocycles. The zero-order chi connectivity index (χ0) is 13.0. The lowest BCUT2D eigenvalue weighted by Gasteiger charge is -2.61. The maximum Gasteiger partial charge on any atom is 0.00430 e. The van der Waals surface area contributed by atoms with Crippen LogP contribution in [0.15, 0.2) is 18.5 Å². The highest BCUT2D eigenvalue weighted by Gasteiger charge is 2.56. The monoisotopic (exact) mass is 258 g/mol. The fourth-order valence-electron chi connectivity index (χ4n) is 6.16. The van der Waals surface area contributed by atoms with Gasteiger partial charge in [-0.1, -0.05) is 6.92 Å². The van der Waals surface area contributed by atoms with Gasteiger partial charge in [0.2, 0.25) is 0 Å². The first-order valence-electron chi connectivity index (χ1n) is 8.05. The van der Waals surface area contributed by atoms with Crippen molar-refractivity contribution in [2.24, 2.45) is 35.3 Å². The second-order valence-corrected chi connectivity index (χ2v) is 7.64. The number of H-pyrrole nitrogens is 1. The summed E-state index contributed by atoms with van der Waals surface area (Å²) < 4.78 is 0. The molecule has 3 atom stereocenters. The maximum absolute atomic E-state index is 5.97. The molecule has 0 aromatic carbocycles. The van der Waals surface area contributed by atoms with Crippen LogP contribution in [0.3, 0.4) is 0 Å². The fraction of sp³-hybridized carbons (Fsp3) is 0.765. The van der Waals surface area contributed by atoms with Gasteiger partial charge in [-0.15, -0.1) is 0 Å². The third-order valence-corrected chi connectivity index (χ3v) is 6.59. The molecule has 4 aliphatic rings. The van der Waals surface area contributed by atoms with Gasteiger partial charge in [0.15, 0.2) is 0 Å². The van der Waals surface area contributed by atoms with Gasteiger partial charge in [-0.05, 0) is 85.3 Å². The lowest BCUT2D eigenvalue weighted by molar-refractivity contribution is -0.0744. The van der Waals surface area contributed by atoms with Crippen molar-refractivity contribution in [2.75, 3.05) is 6.54 Å². The molecule has 104 valence electrons. The van der Waals surface area contributed by atoms with E-state index in [-0.39, 0.29) is 0 Å². The van der Waals surface area contributed by atoms with E-state index < -0.39 is 0 Å². The molecule has 0 aliphatic heterocycles. The standard InChI is InChI=1S/C17H26N2/c1-11(9-18)16-13-4-12-5-14(16)8-17(6-12,7-13)15-2-3-19-10-15/h2-3,10-14,16,19H,4-9,18H2,1H3. The number of aromatic nitrogens is 1. The summed E-state index contributed by atoms with van der Waals surface area (Å²) in [6, 6.07) is 2.33. The van der Waals surface area contributed by atoms with Crippen LogP contribution in [0.2, 0.25) is 0 Å². The molecule has 3 N–H and O–H groups in total. The van der Waals surface area contributed by atoms with Gasteiger partial charge >= 0.3 is 0 Å². The molecule has 2 nitrogen and oxygen atoms in total. The van der Waals surface area contributed by atoms with Crippen molar-refractivity contribution >= 4 is 0 Å². The van der Waals surface area contributed by atoms with E-state index in [1.165, 1.54) is 32.1 Å². The van der Waals surface area contributed by atoms with Crippen molar-refractivity contribution in [1.29, 1.82) is 0 Å². The number of aromatic amines is 1. The first-order chi connectivity index (χ1) is 9.22.